The molecule has 0 radical (unpaired) electrons. The number of hydrogen-bond donors (Lipinski definition) is 1. The fourth-order valence-electron chi connectivity index (χ4n) is 2.24. The number of hydrogen-bond acceptors (Lipinski definition) is 4. The van der Waals surface area contributed by atoms with Crippen LogP contribution in [0.2, 0.25) is 10.0 Å². The molecule has 2 rings (SSSR count). The van der Waals surface area contributed by atoms with Crippen molar-refractivity contribution >= 4 is 23.2 Å². The first-order valence-corrected chi connectivity index (χ1v) is 8.34. The fraction of sp³-hybridized carbons (Fsp3) is 0.333. The zero-order chi connectivity index (χ0) is 17.4. The van der Waals surface area contributed by atoms with E-state index in [0.29, 0.717) is 34.7 Å². The van der Waals surface area contributed by atoms with Gasteiger partial charge in [-0.05, 0) is 18.2 Å². The van der Waals surface area contributed by atoms with Crippen molar-refractivity contribution in [3.8, 4) is 11.5 Å². The molecule has 0 amide bonds. The minimum absolute atomic E-state index is 0.268. The maximum absolute atomic E-state index is 6.21. The van der Waals surface area contributed by atoms with Gasteiger partial charge in [-0.15, -0.1) is 0 Å². The Balaban J connectivity index is 2.15. The first-order chi connectivity index (χ1) is 11.7. The zero-order valence-corrected chi connectivity index (χ0v) is 15.3. The van der Waals surface area contributed by atoms with Crippen LogP contribution in [0.15, 0.2) is 36.4 Å². The molecule has 0 fully saturated rings. The van der Waals surface area contributed by atoms with Crippen LogP contribution < -0.4 is 14.8 Å². The third-order valence-electron chi connectivity index (χ3n) is 3.50. The van der Waals surface area contributed by atoms with E-state index >= 15 is 0 Å². The van der Waals surface area contributed by atoms with Crippen molar-refractivity contribution in [1.29, 1.82) is 0 Å². The highest BCUT2D eigenvalue weighted by Crippen LogP contribution is 2.33. The summed E-state index contributed by atoms with van der Waals surface area (Å²) in [7, 11) is 3.29. The van der Waals surface area contributed by atoms with Gasteiger partial charge in [-0.25, -0.2) is 0 Å². The Morgan fingerprint density at radius 1 is 1.00 bits per heavy atom. The first kappa shape index (κ1) is 18.9. The molecule has 0 spiro atoms. The lowest BCUT2D eigenvalue weighted by Gasteiger charge is -2.16. The van der Waals surface area contributed by atoms with E-state index in [2.05, 4.69) is 5.32 Å². The van der Waals surface area contributed by atoms with E-state index in [4.69, 9.17) is 37.4 Å². The quantitative estimate of drug-likeness (QED) is 0.668. The molecule has 0 aliphatic rings. The first-order valence-electron chi connectivity index (χ1n) is 7.58. The molecule has 0 unspecified atom stereocenters. The third kappa shape index (κ3) is 5.02. The highest BCUT2D eigenvalue weighted by atomic mass is 35.5. The smallest absolute Gasteiger partial charge is 0.166 e. The molecule has 0 aliphatic carbocycles. The average Bonchev–Trinajstić information content (AvgIpc) is 2.59. The number of rotatable bonds is 9. The summed E-state index contributed by atoms with van der Waals surface area (Å²) < 4.78 is 16.5. The minimum atomic E-state index is 0.268. The maximum Gasteiger partial charge on any atom is 0.166 e. The van der Waals surface area contributed by atoms with Gasteiger partial charge in [0, 0.05) is 41.4 Å². The highest BCUT2D eigenvalue weighted by molar-refractivity contribution is 6.35. The van der Waals surface area contributed by atoms with E-state index in [1.54, 1.807) is 26.4 Å². The Morgan fingerprint density at radius 3 is 2.38 bits per heavy atom. The summed E-state index contributed by atoms with van der Waals surface area (Å²) in [6, 6.07) is 11.2. The Hall–Kier alpha value is -1.46. The van der Waals surface area contributed by atoms with Crippen LogP contribution in [0.5, 0.6) is 11.5 Å². The molecule has 0 aliphatic heterocycles. The monoisotopic (exact) mass is 369 g/mol. The summed E-state index contributed by atoms with van der Waals surface area (Å²) in [5.41, 5.74) is 1.75. The Morgan fingerprint density at radius 2 is 1.71 bits per heavy atom. The van der Waals surface area contributed by atoms with Gasteiger partial charge in [0.25, 0.3) is 0 Å². The van der Waals surface area contributed by atoms with Gasteiger partial charge in [0.05, 0.1) is 13.7 Å². The van der Waals surface area contributed by atoms with E-state index < -0.39 is 0 Å². The normalized spacial score (nSPS) is 10.7. The second kappa shape index (κ2) is 9.74. The fourth-order valence-corrected chi connectivity index (χ4v) is 2.74. The second-order valence-corrected chi connectivity index (χ2v) is 5.92. The van der Waals surface area contributed by atoms with Gasteiger partial charge in [0.15, 0.2) is 11.5 Å². The number of para-hydroxylation sites is 1. The van der Waals surface area contributed by atoms with Crippen LogP contribution in [0, 0.1) is 0 Å². The lowest BCUT2D eigenvalue weighted by molar-refractivity contribution is 0.199. The standard InChI is InChI=1S/C18H21Cl2NO3/c1-22-10-9-21-11-13-5-3-8-17(23-2)18(13)24-12-14-15(19)6-4-7-16(14)20/h3-8,21H,9-12H2,1-2H3. The van der Waals surface area contributed by atoms with E-state index in [1.165, 1.54) is 0 Å². The number of ether oxygens (including phenoxy) is 3. The summed E-state index contributed by atoms with van der Waals surface area (Å²) in [6.07, 6.45) is 0. The topological polar surface area (TPSA) is 39.7 Å². The molecule has 4 nitrogen and oxygen atoms in total. The molecule has 2 aromatic rings. The van der Waals surface area contributed by atoms with Gasteiger partial charge in [0.1, 0.15) is 6.61 Å². The van der Waals surface area contributed by atoms with E-state index in [0.717, 1.165) is 17.7 Å². The van der Waals surface area contributed by atoms with Crippen molar-refractivity contribution in [2.75, 3.05) is 27.4 Å². The largest absolute Gasteiger partial charge is 0.493 e. The predicted octanol–water partition coefficient (Wildman–Crippen LogP) is 4.32. The van der Waals surface area contributed by atoms with Gasteiger partial charge >= 0.3 is 0 Å². The number of nitrogens with one attached hydrogen (secondary N) is 1. The van der Waals surface area contributed by atoms with Crippen LogP contribution in [0.1, 0.15) is 11.1 Å². The van der Waals surface area contributed by atoms with Crippen molar-refractivity contribution in [3.05, 3.63) is 57.6 Å². The van der Waals surface area contributed by atoms with E-state index in [9.17, 15) is 0 Å². The van der Waals surface area contributed by atoms with Crippen molar-refractivity contribution < 1.29 is 14.2 Å². The molecule has 24 heavy (non-hydrogen) atoms. The van der Waals surface area contributed by atoms with Gasteiger partial charge in [-0.2, -0.15) is 0 Å². The molecular weight excluding hydrogens is 349 g/mol. The Kier molecular flexibility index (Phi) is 7.66. The Bertz CT molecular complexity index is 644. The summed E-state index contributed by atoms with van der Waals surface area (Å²) in [5.74, 6) is 1.35. The average molecular weight is 370 g/mol. The van der Waals surface area contributed by atoms with Crippen molar-refractivity contribution in [2.24, 2.45) is 0 Å². The summed E-state index contributed by atoms with van der Waals surface area (Å²) in [4.78, 5) is 0. The number of benzene rings is 2. The lowest BCUT2D eigenvalue weighted by atomic mass is 10.1. The van der Waals surface area contributed by atoms with E-state index in [-0.39, 0.29) is 6.61 Å². The summed E-state index contributed by atoms with van der Waals surface area (Å²) in [6.45, 7) is 2.31. The lowest BCUT2D eigenvalue weighted by Crippen LogP contribution is -2.19. The van der Waals surface area contributed by atoms with Crippen LogP contribution in [-0.4, -0.2) is 27.4 Å². The van der Waals surface area contributed by atoms with Crippen LogP contribution in [-0.2, 0) is 17.9 Å². The zero-order valence-electron chi connectivity index (χ0n) is 13.8. The van der Waals surface area contributed by atoms with Crippen molar-refractivity contribution in [2.45, 2.75) is 13.2 Å². The van der Waals surface area contributed by atoms with Crippen molar-refractivity contribution in [1.82, 2.24) is 5.32 Å². The number of methoxy groups -OCH3 is 2. The molecule has 0 heterocycles. The molecule has 130 valence electrons. The molecule has 6 heteroatoms. The second-order valence-electron chi connectivity index (χ2n) is 5.11. The molecule has 0 saturated heterocycles. The van der Waals surface area contributed by atoms with Gasteiger partial charge in [0.2, 0.25) is 0 Å². The molecular formula is C18H21Cl2NO3. The Labute approximate surface area is 152 Å². The SMILES string of the molecule is COCCNCc1cccc(OC)c1OCc1c(Cl)cccc1Cl. The predicted molar refractivity (Wildman–Crippen MR) is 97.4 cm³/mol. The minimum Gasteiger partial charge on any atom is -0.493 e. The van der Waals surface area contributed by atoms with Crippen LogP contribution in [0.25, 0.3) is 0 Å². The van der Waals surface area contributed by atoms with Crippen molar-refractivity contribution in [3.63, 3.8) is 0 Å². The molecule has 0 atom stereocenters. The summed E-state index contributed by atoms with van der Waals surface area (Å²) in [5, 5.41) is 4.46. The third-order valence-corrected chi connectivity index (χ3v) is 4.21. The molecule has 0 saturated carbocycles. The number of halogens is 2. The summed E-state index contributed by atoms with van der Waals surface area (Å²) >= 11 is 12.4. The van der Waals surface area contributed by atoms with E-state index in [1.807, 2.05) is 24.3 Å². The van der Waals surface area contributed by atoms with Gasteiger partial charge in [-0.1, -0.05) is 41.4 Å². The van der Waals surface area contributed by atoms with Gasteiger partial charge in [-0.3, -0.25) is 0 Å². The molecule has 2 aromatic carbocycles. The maximum atomic E-state index is 6.21. The molecule has 1 N–H and O–H groups in total. The van der Waals surface area contributed by atoms with Crippen LogP contribution >= 0.6 is 23.2 Å². The van der Waals surface area contributed by atoms with Crippen LogP contribution in [0.4, 0.5) is 0 Å². The van der Waals surface area contributed by atoms with Gasteiger partial charge < -0.3 is 19.5 Å². The molecule has 0 aromatic heterocycles. The highest BCUT2D eigenvalue weighted by Gasteiger charge is 2.13. The van der Waals surface area contributed by atoms with Crippen LogP contribution in [0.3, 0.4) is 0 Å². The molecule has 0 bridgehead atoms.